The Morgan fingerprint density at radius 3 is 1.94 bits per heavy atom. The zero-order chi connectivity index (χ0) is 26.0. The topological polar surface area (TPSA) is 78.7 Å². The van der Waals surface area contributed by atoms with Gasteiger partial charge in [-0.05, 0) is 48.2 Å². The number of esters is 1. The molecule has 0 radical (unpaired) electrons. The number of methoxy groups -OCH3 is 1. The van der Waals surface area contributed by atoms with Gasteiger partial charge < -0.3 is 9.47 Å². The van der Waals surface area contributed by atoms with Crippen LogP contribution in [-0.2, 0) is 4.79 Å². The summed E-state index contributed by atoms with van der Waals surface area (Å²) in [6, 6.07) is 13.4. The predicted octanol–water partition coefficient (Wildman–Crippen LogP) is 8.46. The van der Waals surface area contributed by atoms with Crippen LogP contribution < -0.4 is 9.47 Å². The van der Waals surface area contributed by atoms with Gasteiger partial charge in [0.1, 0.15) is 11.5 Å². The van der Waals surface area contributed by atoms with E-state index >= 15 is 0 Å². The summed E-state index contributed by atoms with van der Waals surface area (Å²) in [7, 11) is 1.65. The van der Waals surface area contributed by atoms with Crippen LogP contribution in [0.25, 0.3) is 5.57 Å². The normalized spacial score (nSPS) is 11.6. The first-order valence-electron chi connectivity index (χ1n) is 13.0. The minimum Gasteiger partial charge on any atom is -0.497 e. The predicted molar refractivity (Wildman–Crippen MR) is 145 cm³/mol. The van der Waals surface area contributed by atoms with Crippen molar-refractivity contribution in [2.45, 2.75) is 77.6 Å². The van der Waals surface area contributed by atoms with Crippen molar-refractivity contribution in [1.82, 2.24) is 0 Å². The van der Waals surface area contributed by atoms with Crippen LogP contribution in [0.2, 0.25) is 0 Å². The highest BCUT2D eigenvalue weighted by atomic mass is 16.6. The number of rotatable bonds is 17. The molecule has 6 heteroatoms. The van der Waals surface area contributed by atoms with E-state index < -0.39 is 10.9 Å². The maximum atomic E-state index is 12.2. The van der Waals surface area contributed by atoms with E-state index in [1.807, 2.05) is 30.3 Å². The van der Waals surface area contributed by atoms with Crippen molar-refractivity contribution in [2.24, 2.45) is 0 Å². The van der Waals surface area contributed by atoms with Crippen LogP contribution in [-0.4, -0.2) is 18.0 Å². The van der Waals surface area contributed by atoms with Crippen LogP contribution in [0.3, 0.4) is 0 Å². The molecule has 0 amide bonds. The lowest BCUT2D eigenvalue weighted by Crippen LogP contribution is -2.03. The Balaban J connectivity index is 1.88. The number of nitro groups is 1. The standard InChI is InChI=1S/C30H39NO5/c1-3-4-5-6-7-8-9-10-11-12-14-25(26-17-21-28(35-2)22-18-26)15-13-16-30(32)36-29-23-19-27(20-24-29)31(33)34/h13,15-24H,3-12,14H2,1-2H3/b16-13+,25-15+. The largest absolute Gasteiger partial charge is 0.497 e. The van der Waals surface area contributed by atoms with E-state index in [0.29, 0.717) is 0 Å². The third-order valence-corrected chi connectivity index (χ3v) is 6.06. The monoisotopic (exact) mass is 493 g/mol. The summed E-state index contributed by atoms with van der Waals surface area (Å²) in [4.78, 5) is 22.4. The molecular weight excluding hydrogens is 454 g/mol. The molecule has 2 aromatic carbocycles. The number of non-ortho nitro benzene ring substituents is 1. The third kappa shape index (κ3) is 11.3. The second kappa shape index (κ2) is 17.1. The van der Waals surface area contributed by atoms with Gasteiger partial charge >= 0.3 is 5.97 Å². The first kappa shape index (κ1) is 28.8. The number of hydrogen-bond donors (Lipinski definition) is 0. The van der Waals surface area contributed by atoms with Crippen LogP contribution in [0.15, 0.2) is 66.8 Å². The molecule has 0 atom stereocenters. The Morgan fingerprint density at radius 2 is 1.39 bits per heavy atom. The number of benzene rings is 2. The lowest BCUT2D eigenvalue weighted by Gasteiger charge is -2.09. The maximum Gasteiger partial charge on any atom is 0.336 e. The Morgan fingerprint density at radius 1 is 0.833 bits per heavy atom. The summed E-state index contributed by atoms with van der Waals surface area (Å²) in [5.74, 6) is 0.535. The van der Waals surface area contributed by atoms with Gasteiger partial charge in [-0.15, -0.1) is 0 Å². The quantitative estimate of drug-likeness (QED) is 0.0420. The summed E-state index contributed by atoms with van der Waals surface area (Å²) in [6.07, 6.45) is 18.8. The molecule has 0 aliphatic heterocycles. The van der Waals surface area contributed by atoms with Gasteiger partial charge in [-0.1, -0.05) is 89.0 Å². The van der Waals surface area contributed by atoms with E-state index in [1.54, 1.807) is 13.2 Å². The SMILES string of the molecule is CCCCCCCCCCCC/C(=C\C=C\C(=O)Oc1ccc([N+](=O)[O-])cc1)c1ccc(OC)cc1. The molecule has 36 heavy (non-hydrogen) atoms. The van der Waals surface area contributed by atoms with E-state index in [-0.39, 0.29) is 11.4 Å². The van der Waals surface area contributed by atoms with Crippen LogP contribution in [0.4, 0.5) is 5.69 Å². The van der Waals surface area contributed by atoms with Crippen molar-refractivity contribution in [3.63, 3.8) is 0 Å². The number of carbonyl (C=O) groups excluding carboxylic acids is 1. The molecule has 0 saturated heterocycles. The van der Waals surface area contributed by atoms with Crippen LogP contribution >= 0.6 is 0 Å². The summed E-state index contributed by atoms with van der Waals surface area (Å²) >= 11 is 0. The average molecular weight is 494 g/mol. The highest BCUT2D eigenvalue weighted by Crippen LogP contribution is 2.24. The van der Waals surface area contributed by atoms with Crippen molar-refractivity contribution < 1.29 is 19.2 Å². The Bertz CT molecular complexity index is 977. The number of allylic oxidation sites excluding steroid dienone is 3. The molecule has 0 heterocycles. The molecule has 0 spiro atoms. The molecule has 2 aromatic rings. The molecule has 194 valence electrons. The zero-order valence-electron chi connectivity index (χ0n) is 21.6. The van der Waals surface area contributed by atoms with Gasteiger partial charge in [0, 0.05) is 18.2 Å². The molecule has 0 aromatic heterocycles. The zero-order valence-corrected chi connectivity index (χ0v) is 21.6. The van der Waals surface area contributed by atoms with Gasteiger partial charge in [0.25, 0.3) is 5.69 Å². The summed E-state index contributed by atoms with van der Waals surface area (Å²) < 4.78 is 10.5. The lowest BCUT2D eigenvalue weighted by atomic mass is 9.98. The second-order valence-corrected chi connectivity index (χ2v) is 8.88. The summed E-state index contributed by atoms with van der Waals surface area (Å²) in [6.45, 7) is 2.25. The van der Waals surface area contributed by atoms with Gasteiger partial charge in [0.05, 0.1) is 12.0 Å². The summed E-state index contributed by atoms with van der Waals surface area (Å²) in [5.41, 5.74) is 2.20. The minimum atomic E-state index is -0.534. The van der Waals surface area contributed by atoms with Crippen LogP contribution in [0.1, 0.15) is 83.1 Å². The number of hydrogen-bond acceptors (Lipinski definition) is 5. The van der Waals surface area contributed by atoms with Gasteiger partial charge in [0.2, 0.25) is 0 Å². The van der Waals surface area contributed by atoms with E-state index in [1.165, 1.54) is 88.1 Å². The Kier molecular flexibility index (Phi) is 13.7. The third-order valence-electron chi connectivity index (χ3n) is 6.06. The molecule has 0 aliphatic rings. The first-order valence-corrected chi connectivity index (χ1v) is 13.0. The Hall–Kier alpha value is -3.41. The van der Waals surface area contributed by atoms with E-state index in [0.717, 1.165) is 29.7 Å². The molecule has 0 unspecified atom stereocenters. The second-order valence-electron chi connectivity index (χ2n) is 8.88. The molecule has 0 bridgehead atoms. The molecule has 2 rings (SSSR count). The van der Waals surface area contributed by atoms with Crippen LogP contribution in [0, 0.1) is 10.1 Å². The Labute approximate surface area is 215 Å². The first-order chi connectivity index (χ1) is 17.5. The van der Waals surface area contributed by atoms with Crippen molar-refractivity contribution in [1.29, 1.82) is 0 Å². The number of ether oxygens (including phenoxy) is 2. The fourth-order valence-electron chi connectivity index (χ4n) is 3.96. The number of nitro benzene ring substituents is 1. The molecular formula is C30H39NO5. The number of unbranched alkanes of at least 4 members (excludes halogenated alkanes) is 9. The number of nitrogens with zero attached hydrogens (tertiary/aromatic N) is 1. The van der Waals surface area contributed by atoms with Gasteiger partial charge in [0.15, 0.2) is 0 Å². The molecule has 0 N–H and O–H groups in total. The molecule has 6 nitrogen and oxygen atoms in total. The fraction of sp³-hybridized carbons (Fsp3) is 0.433. The van der Waals surface area contributed by atoms with Crippen molar-refractivity contribution >= 4 is 17.2 Å². The average Bonchev–Trinajstić information content (AvgIpc) is 2.89. The van der Waals surface area contributed by atoms with E-state index in [4.69, 9.17) is 9.47 Å². The fourth-order valence-corrected chi connectivity index (χ4v) is 3.96. The summed E-state index contributed by atoms with van der Waals surface area (Å²) in [5, 5.41) is 10.8. The molecule has 0 aliphatic carbocycles. The smallest absolute Gasteiger partial charge is 0.336 e. The van der Waals surface area contributed by atoms with Gasteiger partial charge in [-0.2, -0.15) is 0 Å². The van der Waals surface area contributed by atoms with E-state index in [2.05, 4.69) is 6.92 Å². The van der Waals surface area contributed by atoms with Crippen molar-refractivity contribution in [3.8, 4) is 11.5 Å². The highest BCUT2D eigenvalue weighted by molar-refractivity contribution is 5.85. The van der Waals surface area contributed by atoms with E-state index in [9.17, 15) is 14.9 Å². The lowest BCUT2D eigenvalue weighted by molar-refractivity contribution is -0.384. The van der Waals surface area contributed by atoms with Crippen LogP contribution in [0.5, 0.6) is 11.5 Å². The van der Waals surface area contributed by atoms with Crippen molar-refractivity contribution in [2.75, 3.05) is 7.11 Å². The maximum absolute atomic E-state index is 12.2. The number of carbonyl (C=O) groups is 1. The van der Waals surface area contributed by atoms with Crippen molar-refractivity contribution in [3.05, 3.63) is 82.4 Å². The highest BCUT2D eigenvalue weighted by Gasteiger charge is 2.07. The minimum absolute atomic E-state index is 0.0515. The van der Waals surface area contributed by atoms with Gasteiger partial charge in [-0.25, -0.2) is 4.79 Å². The molecule has 0 saturated carbocycles. The van der Waals surface area contributed by atoms with Gasteiger partial charge in [-0.3, -0.25) is 10.1 Å². The molecule has 0 fully saturated rings.